The van der Waals surface area contributed by atoms with Crippen molar-refractivity contribution in [3.63, 3.8) is 0 Å². The third-order valence-electron chi connectivity index (χ3n) is 4.56. The molecule has 0 saturated carbocycles. The van der Waals surface area contributed by atoms with Gasteiger partial charge in [-0.15, -0.1) is 0 Å². The van der Waals surface area contributed by atoms with Crippen molar-refractivity contribution in [1.29, 1.82) is 0 Å². The van der Waals surface area contributed by atoms with E-state index in [0.717, 1.165) is 12.0 Å². The van der Waals surface area contributed by atoms with Crippen LogP contribution in [0.3, 0.4) is 0 Å². The number of ether oxygens (including phenoxy) is 1. The first-order valence-corrected chi connectivity index (χ1v) is 10.1. The van der Waals surface area contributed by atoms with Crippen molar-refractivity contribution >= 4 is 15.7 Å². The van der Waals surface area contributed by atoms with Crippen LogP contribution in [0.5, 0.6) is 5.75 Å². The molecule has 0 amide bonds. The highest BCUT2D eigenvalue weighted by molar-refractivity contribution is 7.92. The molecule has 0 spiro atoms. The van der Waals surface area contributed by atoms with E-state index >= 15 is 0 Å². The predicted molar refractivity (Wildman–Crippen MR) is 101 cm³/mol. The second kappa shape index (κ2) is 6.37. The molecule has 0 fully saturated rings. The van der Waals surface area contributed by atoms with Crippen molar-refractivity contribution in [3.05, 3.63) is 54.1 Å². The van der Waals surface area contributed by atoms with Gasteiger partial charge >= 0.3 is 0 Å². The minimum Gasteiger partial charge on any atom is -0.486 e. The molecule has 134 valence electrons. The molecule has 2 aromatic carbocycles. The molecule has 2 aromatic rings. The molecule has 0 aliphatic carbocycles. The highest BCUT2D eigenvalue weighted by Crippen LogP contribution is 2.37. The molecule has 25 heavy (non-hydrogen) atoms. The number of nitrogens with zero attached hydrogens (tertiary/aromatic N) is 1. The van der Waals surface area contributed by atoms with Crippen molar-refractivity contribution < 1.29 is 13.2 Å². The summed E-state index contributed by atoms with van der Waals surface area (Å²) >= 11 is 0. The van der Waals surface area contributed by atoms with Crippen LogP contribution in [0.1, 0.15) is 39.7 Å². The van der Waals surface area contributed by atoms with Crippen molar-refractivity contribution in [2.24, 2.45) is 0 Å². The van der Waals surface area contributed by atoms with Gasteiger partial charge in [0.05, 0.1) is 17.1 Å². The summed E-state index contributed by atoms with van der Waals surface area (Å²) < 4.78 is 33.9. The van der Waals surface area contributed by atoms with Crippen LogP contribution >= 0.6 is 0 Å². The van der Waals surface area contributed by atoms with Gasteiger partial charge in [0, 0.05) is 0 Å². The Morgan fingerprint density at radius 1 is 1.08 bits per heavy atom. The lowest BCUT2D eigenvalue weighted by Gasteiger charge is -2.35. The summed E-state index contributed by atoms with van der Waals surface area (Å²) in [5, 5.41) is 0. The third kappa shape index (κ3) is 3.38. The van der Waals surface area contributed by atoms with Crippen LogP contribution in [-0.4, -0.2) is 21.1 Å². The Bertz CT molecular complexity index is 851. The molecule has 1 atom stereocenters. The molecular formula is C20H25NO3S. The maximum atomic E-state index is 13.2. The van der Waals surface area contributed by atoms with Crippen LogP contribution in [0.2, 0.25) is 0 Å². The number of anilines is 1. The first-order valence-electron chi connectivity index (χ1n) is 8.62. The Morgan fingerprint density at radius 2 is 1.72 bits per heavy atom. The molecule has 1 aliphatic heterocycles. The minimum atomic E-state index is -3.63. The van der Waals surface area contributed by atoms with Gasteiger partial charge in [-0.25, -0.2) is 8.42 Å². The average Bonchev–Trinajstić information content (AvgIpc) is 2.60. The highest BCUT2D eigenvalue weighted by Gasteiger charge is 2.33. The molecule has 0 bridgehead atoms. The van der Waals surface area contributed by atoms with Gasteiger partial charge in [-0.2, -0.15) is 0 Å². The molecular weight excluding hydrogens is 334 g/mol. The Kier molecular flexibility index (Phi) is 4.54. The van der Waals surface area contributed by atoms with E-state index in [2.05, 4.69) is 20.8 Å². The summed E-state index contributed by atoms with van der Waals surface area (Å²) in [4.78, 5) is 0.312. The number of fused-ring (bicyclic) bond motifs is 1. The Hall–Kier alpha value is -2.01. The highest BCUT2D eigenvalue weighted by atomic mass is 32.2. The number of rotatable bonds is 3. The molecule has 1 heterocycles. The molecule has 3 rings (SSSR count). The minimum absolute atomic E-state index is 0.0127. The fourth-order valence-electron chi connectivity index (χ4n) is 2.96. The summed E-state index contributed by atoms with van der Waals surface area (Å²) in [6.07, 6.45) is 0.613. The first-order chi connectivity index (χ1) is 11.7. The second-order valence-electron chi connectivity index (χ2n) is 7.43. The van der Waals surface area contributed by atoms with E-state index in [1.807, 2.05) is 37.3 Å². The summed E-state index contributed by atoms with van der Waals surface area (Å²) in [6, 6.07) is 14.5. The van der Waals surface area contributed by atoms with Crippen LogP contribution in [0.15, 0.2) is 53.4 Å². The van der Waals surface area contributed by atoms with Crippen molar-refractivity contribution in [3.8, 4) is 5.75 Å². The summed E-state index contributed by atoms with van der Waals surface area (Å²) in [7, 11) is -3.63. The zero-order chi connectivity index (χ0) is 18.2. The lowest BCUT2D eigenvalue weighted by molar-refractivity contribution is 0.196. The van der Waals surface area contributed by atoms with Gasteiger partial charge in [-0.3, -0.25) is 4.31 Å². The summed E-state index contributed by atoms with van der Waals surface area (Å²) in [5.74, 6) is 0.621. The standard InChI is InChI=1S/C20H25NO3S/c1-5-16-14-21(18-8-6-7-9-19(18)24-16)25(22,23)17-12-10-15(11-13-17)20(2,3)4/h6-13,16H,5,14H2,1-4H3. The van der Waals surface area contributed by atoms with E-state index in [0.29, 0.717) is 22.9 Å². The molecule has 1 unspecified atom stereocenters. The fourth-order valence-corrected chi connectivity index (χ4v) is 4.46. The van der Waals surface area contributed by atoms with Gasteiger partial charge in [-0.05, 0) is 41.7 Å². The van der Waals surface area contributed by atoms with Crippen molar-refractivity contribution in [2.75, 3.05) is 10.8 Å². The maximum Gasteiger partial charge on any atom is 0.264 e. The van der Waals surface area contributed by atoms with E-state index in [1.54, 1.807) is 18.2 Å². The van der Waals surface area contributed by atoms with Crippen LogP contribution in [0.25, 0.3) is 0 Å². The van der Waals surface area contributed by atoms with Gasteiger partial charge in [0.25, 0.3) is 10.0 Å². The van der Waals surface area contributed by atoms with Crippen LogP contribution < -0.4 is 9.04 Å². The molecule has 4 nitrogen and oxygen atoms in total. The first kappa shape index (κ1) is 17.8. The lowest BCUT2D eigenvalue weighted by atomic mass is 9.87. The topological polar surface area (TPSA) is 46.6 Å². The van der Waals surface area contributed by atoms with Crippen LogP contribution in [0.4, 0.5) is 5.69 Å². The van der Waals surface area contributed by atoms with Gasteiger partial charge in [0.2, 0.25) is 0 Å². The smallest absolute Gasteiger partial charge is 0.264 e. The van der Waals surface area contributed by atoms with Gasteiger partial charge in [-0.1, -0.05) is 52.0 Å². The number of sulfonamides is 1. The second-order valence-corrected chi connectivity index (χ2v) is 9.29. The molecule has 0 N–H and O–H groups in total. The number of hydrogen-bond donors (Lipinski definition) is 0. The molecule has 0 saturated heterocycles. The maximum absolute atomic E-state index is 13.2. The quantitative estimate of drug-likeness (QED) is 0.818. The number of benzene rings is 2. The van der Waals surface area contributed by atoms with Crippen LogP contribution in [-0.2, 0) is 15.4 Å². The lowest BCUT2D eigenvalue weighted by Crippen LogP contribution is -2.43. The fraction of sp³-hybridized carbons (Fsp3) is 0.400. The van der Waals surface area contributed by atoms with Gasteiger partial charge in [0.1, 0.15) is 11.9 Å². The monoisotopic (exact) mass is 359 g/mol. The number of hydrogen-bond acceptors (Lipinski definition) is 3. The third-order valence-corrected chi connectivity index (χ3v) is 6.35. The zero-order valence-corrected chi connectivity index (χ0v) is 16.0. The summed E-state index contributed by atoms with van der Waals surface area (Å²) in [6.45, 7) is 8.67. The molecule has 5 heteroatoms. The molecule has 0 radical (unpaired) electrons. The van der Waals surface area contributed by atoms with Crippen LogP contribution in [0, 0.1) is 0 Å². The number of para-hydroxylation sites is 2. The van der Waals surface area contributed by atoms with Gasteiger partial charge < -0.3 is 4.74 Å². The van der Waals surface area contributed by atoms with Gasteiger partial charge in [0.15, 0.2) is 0 Å². The Labute approximate surface area is 150 Å². The molecule has 1 aliphatic rings. The average molecular weight is 359 g/mol. The molecule has 0 aromatic heterocycles. The normalized spacial score (nSPS) is 17.8. The predicted octanol–water partition coefficient (Wildman–Crippen LogP) is 4.35. The SMILES string of the molecule is CCC1CN(S(=O)(=O)c2ccc(C(C)(C)C)cc2)c2ccccc2O1. The van der Waals surface area contributed by atoms with E-state index < -0.39 is 10.0 Å². The van der Waals surface area contributed by atoms with Crippen molar-refractivity contribution in [2.45, 2.75) is 50.5 Å². The van der Waals surface area contributed by atoms with E-state index in [9.17, 15) is 8.42 Å². The van der Waals surface area contributed by atoms with Crippen molar-refractivity contribution in [1.82, 2.24) is 0 Å². The Balaban J connectivity index is 2.02. The largest absolute Gasteiger partial charge is 0.486 e. The summed E-state index contributed by atoms with van der Waals surface area (Å²) in [5.41, 5.74) is 1.70. The van der Waals surface area contributed by atoms with E-state index in [4.69, 9.17) is 4.74 Å². The zero-order valence-electron chi connectivity index (χ0n) is 15.2. The van der Waals surface area contributed by atoms with E-state index in [-0.39, 0.29) is 11.5 Å². The Morgan fingerprint density at radius 3 is 2.32 bits per heavy atom. The van der Waals surface area contributed by atoms with E-state index in [1.165, 1.54) is 4.31 Å².